The fraction of sp³-hybridized carbons (Fsp3) is 0.320. The molecule has 0 bridgehead atoms. The van der Waals surface area contributed by atoms with Crippen LogP contribution in [0.15, 0.2) is 54.4 Å². The molecule has 1 aliphatic rings. The lowest BCUT2D eigenvalue weighted by molar-refractivity contribution is -0.680. The second-order valence-electron chi connectivity index (χ2n) is 8.16. The first-order chi connectivity index (χ1) is 16.7. The molecule has 1 aliphatic heterocycles. The minimum Gasteiger partial charge on any atom is -0.439 e. The van der Waals surface area contributed by atoms with Gasteiger partial charge in [-0.1, -0.05) is 48.7 Å². The van der Waals surface area contributed by atoms with Gasteiger partial charge < -0.3 is 9.64 Å². The van der Waals surface area contributed by atoms with E-state index in [9.17, 15) is 13.0 Å². The number of aryl methyl sites for hydroxylation is 1. The van der Waals surface area contributed by atoms with E-state index in [0.717, 1.165) is 23.5 Å². The van der Waals surface area contributed by atoms with Crippen LogP contribution in [0, 0.1) is 0 Å². The normalized spacial score (nSPS) is 15.8. The Bertz CT molecular complexity index is 1430. The summed E-state index contributed by atoms with van der Waals surface area (Å²) in [7, 11) is -4.41. The van der Waals surface area contributed by atoms with Crippen molar-refractivity contribution >= 4 is 56.1 Å². The smallest absolute Gasteiger partial charge is 0.307 e. The van der Waals surface area contributed by atoms with Gasteiger partial charge in [0.05, 0.1) is 22.3 Å². The van der Waals surface area contributed by atoms with Crippen molar-refractivity contribution < 1.29 is 22.3 Å². The van der Waals surface area contributed by atoms with Crippen LogP contribution >= 0.6 is 23.2 Å². The van der Waals surface area contributed by atoms with Crippen LogP contribution in [0.3, 0.4) is 0 Å². The second-order valence-corrected chi connectivity index (χ2v) is 10.6. The van der Waals surface area contributed by atoms with E-state index in [0.29, 0.717) is 40.2 Å². The summed E-state index contributed by atoms with van der Waals surface area (Å²) in [4.78, 5) is 2.06. The summed E-state index contributed by atoms with van der Waals surface area (Å²) >= 11 is 12.6. The molecule has 1 unspecified atom stereocenters. The number of imidazole rings is 1. The summed E-state index contributed by atoms with van der Waals surface area (Å²) < 4.78 is 44.6. The van der Waals surface area contributed by atoms with Gasteiger partial charge in [0.15, 0.2) is 16.8 Å². The minimum atomic E-state index is -4.41. The Morgan fingerprint density at radius 2 is 1.83 bits per heavy atom. The van der Waals surface area contributed by atoms with Crippen LogP contribution in [-0.2, 0) is 16.7 Å². The Labute approximate surface area is 215 Å². The van der Waals surface area contributed by atoms with Crippen LogP contribution in [0.2, 0.25) is 10.0 Å². The van der Waals surface area contributed by atoms with Crippen molar-refractivity contribution in [1.29, 1.82) is 0 Å². The third-order valence-corrected chi connectivity index (χ3v) is 7.87. The molecule has 186 valence electrons. The predicted molar refractivity (Wildman–Crippen MR) is 141 cm³/mol. The van der Waals surface area contributed by atoms with Gasteiger partial charge in [0.25, 0.3) is 5.82 Å². The highest BCUT2D eigenvalue weighted by atomic mass is 35.5. The van der Waals surface area contributed by atoms with Crippen molar-refractivity contribution in [2.75, 3.05) is 11.4 Å². The molecule has 0 saturated carbocycles. The zero-order valence-electron chi connectivity index (χ0n) is 19.8. The van der Waals surface area contributed by atoms with Crippen LogP contribution in [0.4, 0.5) is 5.69 Å². The van der Waals surface area contributed by atoms with Gasteiger partial charge in [-0.2, -0.15) is 8.42 Å². The van der Waals surface area contributed by atoms with Gasteiger partial charge in [-0.15, -0.1) is 0 Å². The molecule has 0 spiro atoms. The number of halogens is 2. The summed E-state index contributed by atoms with van der Waals surface area (Å²) in [5.74, 6) is 2.04. The molecule has 1 aromatic heterocycles. The van der Waals surface area contributed by atoms with Crippen LogP contribution in [0.1, 0.15) is 44.8 Å². The SMILES string of the molecule is CCCC([n+]1c(/C=C/C=C2\Oc3ccccc3N2CC)n(CC)c2cc(Cl)c(Cl)cc21)S(=O)(=O)O. The molecular formula is C25H28Cl2N3O4S+. The lowest BCUT2D eigenvalue weighted by atomic mass is 10.3. The van der Waals surface area contributed by atoms with E-state index >= 15 is 0 Å². The molecule has 4 rings (SSSR count). The molecule has 2 aromatic carbocycles. The maximum Gasteiger partial charge on any atom is 0.307 e. The minimum absolute atomic E-state index is 0.233. The zero-order valence-corrected chi connectivity index (χ0v) is 22.1. The lowest BCUT2D eigenvalue weighted by Crippen LogP contribution is -2.46. The molecule has 3 aromatic rings. The van der Waals surface area contributed by atoms with Crippen molar-refractivity contribution in [2.24, 2.45) is 0 Å². The monoisotopic (exact) mass is 536 g/mol. The second kappa shape index (κ2) is 10.2. The molecule has 0 radical (unpaired) electrons. The number of nitrogens with zero attached hydrogens (tertiary/aromatic N) is 3. The lowest BCUT2D eigenvalue weighted by Gasteiger charge is -2.14. The Hall–Kier alpha value is -2.52. The standard InChI is InChI=1S/C25H27Cl2N3O4S/c1-4-10-25(35(31,32)33)30-21-16-18(27)17(26)15-20(21)28(5-2)23(30)13-9-14-24-29(6-3)19-11-7-8-12-22(19)34-24/h7-9,11-16,25H,4-6,10H2,1-3H3/p+1. The Morgan fingerprint density at radius 1 is 1.11 bits per heavy atom. The zero-order chi connectivity index (χ0) is 25.3. The van der Waals surface area contributed by atoms with Crippen LogP contribution in [-0.4, -0.2) is 24.1 Å². The molecule has 1 N–H and O–H groups in total. The van der Waals surface area contributed by atoms with E-state index in [1.54, 1.807) is 16.7 Å². The number of anilines is 1. The molecule has 1 atom stereocenters. The van der Waals surface area contributed by atoms with Gasteiger partial charge in [0.1, 0.15) is 0 Å². The Morgan fingerprint density at radius 3 is 2.49 bits per heavy atom. The number of para-hydroxylation sites is 2. The molecule has 2 heterocycles. The molecule has 0 amide bonds. The Kier molecular flexibility index (Phi) is 7.47. The predicted octanol–water partition coefficient (Wildman–Crippen LogP) is 6.22. The average Bonchev–Trinajstić information content (AvgIpc) is 3.31. The third-order valence-electron chi connectivity index (χ3n) is 6.01. The maximum absolute atomic E-state index is 12.5. The fourth-order valence-corrected chi connectivity index (χ4v) is 5.83. The number of rotatable bonds is 8. The first kappa shape index (κ1) is 25.6. The number of hydrogen-bond donors (Lipinski definition) is 1. The fourth-order valence-electron chi connectivity index (χ4n) is 4.49. The Balaban J connectivity index is 1.88. The van der Waals surface area contributed by atoms with E-state index < -0.39 is 15.5 Å². The largest absolute Gasteiger partial charge is 0.439 e. The van der Waals surface area contributed by atoms with Crippen molar-refractivity contribution in [1.82, 2.24) is 4.57 Å². The van der Waals surface area contributed by atoms with Gasteiger partial charge in [0.2, 0.25) is 11.3 Å². The van der Waals surface area contributed by atoms with Gasteiger partial charge in [-0.3, -0.25) is 4.55 Å². The molecule has 7 nitrogen and oxygen atoms in total. The topological polar surface area (TPSA) is 75.7 Å². The van der Waals surface area contributed by atoms with Crippen molar-refractivity contribution in [3.8, 4) is 5.75 Å². The molecule has 0 aliphatic carbocycles. The van der Waals surface area contributed by atoms with E-state index in [1.165, 1.54) is 0 Å². The number of fused-ring (bicyclic) bond motifs is 2. The molecular weight excluding hydrogens is 509 g/mol. The van der Waals surface area contributed by atoms with Crippen molar-refractivity contribution in [3.63, 3.8) is 0 Å². The third kappa shape index (κ3) is 4.80. The van der Waals surface area contributed by atoms with Crippen LogP contribution < -0.4 is 14.2 Å². The van der Waals surface area contributed by atoms with Gasteiger partial charge in [-0.25, -0.2) is 9.13 Å². The first-order valence-corrected chi connectivity index (χ1v) is 13.8. The quantitative estimate of drug-likeness (QED) is 0.273. The van der Waals surface area contributed by atoms with Gasteiger partial charge >= 0.3 is 10.1 Å². The highest BCUT2D eigenvalue weighted by molar-refractivity contribution is 7.85. The molecule has 35 heavy (non-hydrogen) atoms. The summed E-state index contributed by atoms with van der Waals surface area (Å²) in [5, 5.41) is -0.502. The van der Waals surface area contributed by atoms with Crippen LogP contribution in [0.5, 0.6) is 5.75 Å². The van der Waals surface area contributed by atoms with Crippen LogP contribution in [0.25, 0.3) is 17.1 Å². The van der Waals surface area contributed by atoms with Crippen molar-refractivity contribution in [3.05, 3.63) is 70.3 Å². The van der Waals surface area contributed by atoms with E-state index in [-0.39, 0.29) is 6.42 Å². The molecule has 10 heteroatoms. The highest BCUT2D eigenvalue weighted by Gasteiger charge is 2.36. The summed E-state index contributed by atoms with van der Waals surface area (Å²) in [5.41, 5.74) is 2.29. The number of benzene rings is 2. The number of ether oxygens (including phenoxy) is 1. The van der Waals surface area contributed by atoms with E-state index in [1.807, 2.05) is 67.8 Å². The average molecular weight is 537 g/mol. The highest BCUT2D eigenvalue weighted by Crippen LogP contribution is 2.38. The first-order valence-electron chi connectivity index (χ1n) is 11.5. The molecule has 0 fully saturated rings. The maximum atomic E-state index is 12.5. The van der Waals surface area contributed by atoms with E-state index in [2.05, 4.69) is 4.90 Å². The molecule has 0 saturated heterocycles. The van der Waals surface area contributed by atoms with Crippen molar-refractivity contribution in [2.45, 2.75) is 45.5 Å². The number of hydrogen-bond acceptors (Lipinski definition) is 4. The van der Waals surface area contributed by atoms with E-state index in [4.69, 9.17) is 27.9 Å². The summed E-state index contributed by atoms with van der Waals surface area (Å²) in [6.07, 6.45) is 6.26. The summed E-state index contributed by atoms with van der Waals surface area (Å²) in [6, 6.07) is 11.2. The number of allylic oxidation sites excluding steroid dienone is 2. The number of aromatic nitrogens is 2. The summed E-state index contributed by atoms with van der Waals surface area (Å²) in [6.45, 7) is 7.14. The van der Waals surface area contributed by atoms with Gasteiger partial charge in [-0.05, 0) is 38.1 Å². The van der Waals surface area contributed by atoms with Gasteiger partial charge in [0, 0.05) is 31.2 Å².